The van der Waals surface area contributed by atoms with Crippen LogP contribution in [0, 0.1) is 6.92 Å². The van der Waals surface area contributed by atoms with E-state index in [4.69, 9.17) is 4.52 Å². The minimum absolute atomic E-state index is 0.175. The first-order valence-corrected chi connectivity index (χ1v) is 8.30. The lowest BCUT2D eigenvalue weighted by Gasteiger charge is -2.35. The third kappa shape index (κ3) is 3.40. The maximum atomic E-state index is 12.6. The Morgan fingerprint density at radius 1 is 1.32 bits per heavy atom. The molecule has 1 aliphatic carbocycles. The monoisotopic (exact) mass is 347 g/mol. The van der Waals surface area contributed by atoms with Crippen molar-refractivity contribution in [1.82, 2.24) is 24.6 Å². The predicted molar refractivity (Wildman–Crippen MR) is 87.9 cm³/mol. The Morgan fingerprint density at radius 3 is 2.68 bits per heavy atom. The summed E-state index contributed by atoms with van der Waals surface area (Å²) in [6.07, 6.45) is 5.77. The van der Waals surface area contributed by atoms with Crippen LogP contribution in [0.4, 0.5) is 0 Å². The Morgan fingerprint density at radius 2 is 2.04 bits per heavy atom. The van der Waals surface area contributed by atoms with Crippen LogP contribution in [0.5, 0.6) is 0 Å². The highest BCUT2D eigenvalue weighted by atomic mass is 16.5. The topological polar surface area (TPSA) is 112 Å². The van der Waals surface area contributed by atoms with E-state index in [0.29, 0.717) is 11.7 Å². The molecule has 3 rings (SSSR count). The van der Waals surface area contributed by atoms with Crippen molar-refractivity contribution >= 4 is 5.91 Å². The first-order chi connectivity index (χ1) is 11.9. The summed E-state index contributed by atoms with van der Waals surface area (Å²) in [6, 6.07) is 1.26. The first-order valence-electron chi connectivity index (χ1n) is 8.30. The highest BCUT2D eigenvalue weighted by molar-refractivity contribution is 5.76. The maximum absolute atomic E-state index is 12.6. The van der Waals surface area contributed by atoms with Gasteiger partial charge in [0.05, 0.1) is 0 Å². The van der Waals surface area contributed by atoms with Crippen molar-refractivity contribution in [3.05, 3.63) is 44.8 Å². The van der Waals surface area contributed by atoms with Crippen molar-refractivity contribution < 1.29 is 9.32 Å². The third-order valence-corrected chi connectivity index (χ3v) is 4.62. The molecular formula is C16H21N5O4. The van der Waals surface area contributed by atoms with E-state index < -0.39 is 16.8 Å². The van der Waals surface area contributed by atoms with Crippen molar-refractivity contribution in [2.24, 2.45) is 7.05 Å². The lowest BCUT2D eigenvalue weighted by atomic mass is 9.81. The Balaban J connectivity index is 1.83. The second kappa shape index (κ2) is 6.66. The van der Waals surface area contributed by atoms with Gasteiger partial charge in [-0.2, -0.15) is 4.98 Å². The number of carbonyl (C=O) groups excluding carboxylic acids is 1. The van der Waals surface area contributed by atoms with Gasteiger partial charge in [-0.1, -0.05) is 24.4 Å². The van der Waals surface area contributed by atoms with Crippen LogP contribution < -0.4 is 16.6 Å². The number of hydrogen-bond acceptors (Lipinski definition) is 6. The molecule has 0 bridgehead atoms. The molecule has 1 amide bonds. The molecule has 0 aliphatic heterocycles. The molecule has 1 N–H and O–H groups in total. The molecule has 25 heavy (non-hydrogen) atoms. The first kappa shape index (κ1) is 17.1. The summed E-state index contributed by atoms with van der Waals surface area (Å²) in [5, 5.41) is 7.00. The number of nitrogens with zero attached hydrogens (tertiary/aromatic N) is 4. The lowest BCUT2D eigenvalue weighted by molar-refractivity contribution is -0.124. The Bertz CT molecular complexity index is 888. The van der Waals surface area contributed by atoms with Gasteiger partial charge in [-0.05, 0) is 12.8 Å². The van der Waals surface area contributed by atoms with E-state index in [9.17, 15) is 14.4 Å². The molecule has 2 aromatic rings. The number of hydrogen-bond donors (Lipinski definition) is 1. The largest absolute Gasteiger partial charge is 0.342 e. The van der Waals surface area contributed by atoms with E-state index in [1.807, 2.05) is 0 Å². The average Bonchev–Trinajstić information content (AvgIpc) is 3.03. The zero-order valence-corrected chi connectivity index (χ0v) is 14.3. The minimum Gasteiger partial charge on any atom is -0.342 e. The summed E-state index contributed by atoms with van der Waals surface area (Å²) >= 11 is 0. The Hall–Kier alpha value is -2.71. The summed E-state index contributed by atoms with van der Waals surface area (Å²) in [4.78, 5) is 40.4. The summed E-state index contributed by atoms with van der Waals surface area (Å²) in [6.45, 7) is 1.53. The van der Waals surface area contributed by atoms with E-state index in [1.54, 1.807) is 6.92 Å². The fourth-order valence-corrected chi connectivity index (χ4v) is 3.25. The predicted octanol–water partition coefficient (Wildman–Crippen LogP) is 0.214. The third-order valence-electron chi connectivity index (χ3n) is 4.62. The van der Waals surface area contributed by atoms with Gasteiger partial charge < -0.3 is 9.84 Å². The van der Waals surface area contributed by atoms with Crippen LogP contribution in [0.3, 0.4) is 0 Å². The fraction of sp³-hybridized carbons (Fsp3) is 0.562. The summed E-state index contributed by atoms with van der Waals surface area (Å²) < 4.78 is 7.25. The SMILES string of the molecule is Cc1nc(C2(NC(=O)Cn3ccc(=O)n(C)c3=O)CCCCC2)no1. The molecule has 2 aromatic heterocycles. The van der Waals surface area contributed by atoms with Crippen LogP contribution in [-0.4, -0.2) is 25.2 Å². The second-order valence-electron chi connectivity index (χ2n) is 6.45. The van der Waals surface area contributed by atoms with Crippen molar-refractivity contribution in [3.63, 3.8) is 0 Å². The highest BCUT2D eigenvalue weighted by Gasteiger charge is 2.39. The van der Waals surface area contributed by atoms with Crippen molar-refractivity contribution in [2.75, 3.05) is 0 Å². The molecule has 9 nitrogen and oxygen atoms in total. The number of amides is 1. The van der Waals surface area contributed by atoms with Gasteiger partial charge in [-0.25, -0.2) is 4.79 Å². The quantitative estimate of drug-likeness (QED) is 0.846. The van der Waals surface area contributed by atoms with Gasteiger partial charge in [0.2, 0.25) is 11.8 Å². The number of rotatable bonds is 4. The normalized spacial score (nSPS) is 16.6. The zero-order valence-electron chi connectivity index (χ0n) is 14.3. The molecule has 0 atom stereocenters. The Kier molecular flexibility index (Phi) is 4.56. The molecule has 0 radical (unpaired) electrons. The summed E-state index contributed by atoms with van der Waals surface area (Å²) in [7, 11) is 1.38. The number of nitrogens with one attached hydrogen (secondary N) is 1. The molecule has 2 heterocycles. The Labute approximate surface area is 143 Å². The average molecular weight is 347 g/mol. The molecule has 1 saturated carbocycles. The van der Waals surface area contributed by atoms with Crippen LogP contribution in [0.25, 0.3) is 0 Å². The molecule has 134 valence electrons. The molecule has 0 saturated heterocycles. The van der Waals surface area contributed by atoms with E-state index in [-0.39, 0.29) is 12.5 Å². The van der Waals surface area contributed by atoms with E-state index in [2.05, 4.69) is 15.5 Å². The van der Waals surface area contributed by atoms with Crippen LogP contribution in [0.1, 0.15) is 43.8 Å². The van der Waals surface area contributed by atoms with Crippen molar-refractivity contribution in [1.29, 1.82) is 0 Å². The van der Waals surface area contributed by atoms with Gasteiger partial charge in [0, 0.05) is 26.2 Å². The van der Waals surface area contributed by atoms with Crippen molar-refractivity contribution in [2.45, 2.75) is 51.1 Å². The molecular weight excluding hydrogens is 326 g/mol. The van der Waals surface area contributed by atoms with E-state index in [1.165, 1.54) is 23.9 Å². The maximum Gasteiger partial charge on any atom is 0.331 e. The van der Waals surface area contributed by atoms with Gasteiger partial charge in [-0.3, -0.25) is 18.7 Å². The van der Waals surface area contributed by atoms with Gasteiger partial charge in [0.15, 0.2) is 5.82 Å². The lowest BCUT2D eigenvalue weighted by Crippen LogP contribution is -2.50. The van der Waals surface area contributed by atoms with Crippen LogP contribution in [0.15, 0.2) is 26.4 Å². The molecule has 0 unspecified atom stereocenters. The number of carbonyl (C=O) groups is 1. The molecule has 1 aliphatic rings. The highest BCUT2D eigenvalue weighted by Crippen LogP contribution is 2.35. The van der Waals surface area contributed by atoms with Gasteiger partial charge in [-0.15, -0.1) is 0 Å². The minimum atomic E-state index is -0.669. The molecule has 0 aromatic carbocycles. The second-order valence-corrected chi connectivity index (χ2v) is 6.45. The summed E-state index contributed by atoms with van der Waals surface area (Å²) in [5.41, 5.74) is -1.61. The van der Waals surface area contributed by atoms with E-state index in [0.717, 1.165) is 36.7 Å². The van der Waals surface area contributed by atoms with Crippen LogP contribution >= 0.6 is 0 Å². The zero-order chi connectivity index (χ0) is 18.0. The smallest absolute Gasteiger partial charge is 0.331 e. The van der Waals surface area contributed by atoms with Crippen LogP contribution in [-0.2, 0) is 23.9 Å². The standard InChI is InChI=1S/C16H21N5O4/c1-11-17-14(19-25-11)16(7-4-3-5-8-16)18-12(22)10-21-9-6-13(23)20(2)15(21)24/h6,9H,3-5,7-8,10H2,1-2H3,(H,18,22). The molecule has 9 heteroatoms. The molecule has 1 fully saturated rings. The van der Waals surface area contributed by atoms with Crippen LogP contribution in [0.2, 0.25) is 0 Å². The number of aryl methyl sites for hydroxylation is 1. The van der Waals surface area contributed by atoms with Crippen molar-refractivity contribution in [3.8, 4) is 0 Å². The summed E-state index contributed by atoms with van der Waals surface area (Å²) in [5.74, 6) is 0.597. The van der Waals surface area contributed by atoms with E-state index >= 15 is 0 Å². The molecule has 0 spiro atoms. The number of aromatic nitrogens is 4. The van der Waals surface area contributed by atoms with Gasteiger partial charge >= 0.3 is 5.69 Å². The van der Waals surface area contributed by atoms with Gasteiger partial charge in [0.25, 0.3) is 5.56 Å². The van der Waals surface area contributed by atoms with Gasteiger partial charge in [0.1, 0.15) is 12.1 Å². The fourth-order valence-electron chi connectivity index (χ4n) is 3.25.